The van der Waals surface area contributed by atoms with E-state index in [9.17, 15) is 36.6 Å². The van der Waals surface area contributed by atoms with Crippen LogP contribution in [0.25, 0.3) is 0 Å². The molecule has 0 spiro atoms. The number of ether oxygens (including phenoxy) is 1. The van der Waals surface area contributed by atoms with Gasteiger partial charge in [-0.3, -0.25) is 9.98 Å². The molecular weight excluding hydrogens is 466 g/mol. The van der Waals surface area contributed by atoms with Gasteiger partial charge in [-0.15, -0.1) is 0 Å². The second-order valence-electron chi connectivity index (χ2n) is 6.91. The number of methoxy groups -OCH3 is 1. The molecule has 3 aromatic rings. The zero-order valence-corrected chi connectivity index (χ0v) is 17.3. The zero-order chi connectivity index (χ0) is 25.1. The zero-order valence-electron chi connectivity index (χ0n) is 17.3. The Kier molecular flexibility index (Phi) is 6.85. The summed E-state index contributed by atoms with van der Waals surface area (Å²) in [4.78, 5) is 8.14. The molecule has 0 aliphatic heterocycles. The van der Waals surface area contributed by atoms with Crippen LogP contribution >= 0.6 is 0 Å². The number of hydrogen-bond acceptors (Lipinski definition) is 5. The van der Waals surface area contributed by atoms with Crippen molar-refractivity contribution in [3.63, 3.8) is 0 Å². The van der Waals surface area contributed by atoms with Gasteiger partial charge in [-0.1, -0.05) is 0 Å². The second-order valence-corrected chi connectivity index (χ2v) is 6.91. The fourth-order valence-corrected chi connectivity index (χ4v) is 2.79. The first-order valence-electron chi connectivity index (χ1n) is 9.45. The number of phenolic OH excluding ortho intramolecular Hbond substituents is 2. The number of hydrogen-bond donors (Lipinski definition) is 2. The number of halogens is 6. The van der Waals surface area contributed by atoms with Gasteiger partial charge in [0.05, 0.1) is 29.6 Å². The van der Waals surface area contributed by atoms with E-state index in [1.807, 2.05) is 0 Å². The van der Waals surface area contributed by atoms with Gasteiger partial charge < -0.3 is 14.9 Å². The predicted octanol–water partition coefficient (Wildman–Crippen LogP) is 6.65. The highest BCUT2D eigenvalue weighted by molar-refractivity contribution is 5.90. The lowest BCUT2D eigenvalue weighted by Crippen LogP contribution is -2.05. The number of alkyl halides is 6. The van der Waals surface area contributed by atoms with Gasteiger partial charge in [0.1, 0.15) is 17.2 Å². The lowest BCUT2D eigenvalue weighted by atomic mass is 10.1. The predicted molar refractivity (Wildman–Crippen MR) is 114 cm³/mol. The number of benzene rings is 3. The maximum atomic E-state index is 13.0. The van der Waals surface area contributed by atoms with Crippen molar-refractivity contribution in [1.29, 1.82) is 0 Å². The third kappa shape index (κ3) is 5.85. The molecule has 0 unspecified atom stereocenters. The van der Waals surface area contributed by atoms with E-state index in [0.717, 1.165) is 36.7 Å². The maximum absolute atomic E-state index is 13.0. The molecule has 0 bridgehead atoms. The van der Waals surface area contributed by atoms with Crippen LogP contribution in [0.15, 0.2) is 64.6 Å². The molecule has 0 radical (unpaired) electrons. The minimum atomic E-state index is -4.63. The highest BCUT2D eigenvalue weighted by atomic mass is 19.4. The lowest BCUT2D eigenvalue weighted by Gasteiger charge is -2.09. The van der Waals surface area contributed by atoms with E-state index in [1.165, 1.54) is 25.3 Å². The minimum absolute atomic E-state index is 0.0823. The number of aromatic hydroxyl groups is 2. The van der Waals surface area contributed by atoms with Crippen LogP contribution in [0, 0.1) is 0 Å². The topological polar surface area (TPSA) is 74.4 Å². The van der Waals surface area contributed by atoms with Crippen molar-refractivity contribution in [2.24, 2.45) is 9.98 Å². The van der Waals surface area contributed by atoms with Gasteiger partial charge in [-0.25, -0.2) is 0 Å². The summed E-state index contributed by atoms with van der Waals surface area (Å²) in [7, 11) is 1.37. The van der Waals surface area contributed by atoms with Crippen LogP contribution < -0.4 is 4.74 Å². The Balaban J connectivity index is 2.00. The van der Waals surface area contributed by atoms with Gasteiger partial charge >= 0.3 is 12.4 Å². The summed E-state index contributed by atoms with van der Waals surface area (Å²) in [6, 6.07) is 8.91. The van der Waals surface area contributed by atoms with Crippen LogP contribution in [0.4, 0.5) is 37.7 Å². The van der Waals surface area contributed by atoms with E-state index in [2.05, 4.69) is 9.98 Å². The molecule has 3 aromatic carbocycles. The quantitative estimate of drug-likeness (QED) is 0.316. The summed E-state index contributed by atoms with van der Waals surface area (Å²) in [5.41, 5.74) is -2.21. The summed E-state index contributed by atoms with van der Waals surface area (Å²) in [5, 5.41) is 19.8. The second kappa shape index (κ2) is 9.46. The Morgan fingerprint density at radius 1 is 0.676 bits per heavy atom. The number of aliphatic imine (C=N–C) groups is 2. The molecule has 0 aliphatic rings. The smallest absolute Gasteiger partial charge is 0.416 e. The fourth-order valence-electron chi connectivity index (χ4n) is 2.79. The van der Waals surface area contributed by atoms with Crippen molar-refractivity contribution in [3.8, 4) is 17.2 Å². The van der Waals surface area contributed by atoms with Crippen molar-refractivity contribution < 1.29 is 41.3 Å². The molecule has 34 heavy (non-hydrogen) atoms. The van der Waals surface area contributed by atoms with E-state index in [4.69, 9.17) is 4.74 Å². The molecule has 3 rings (SSSR count). The molecule has 178 valence electrons. The van der Waals surface area contributed by atoms with Gasteiger partial charge in [0, 0.05) is 29.6 Å². The molecule has 0 saturated carbocycles. The number of rotatable bonds is 5. The maximum Gasteiger partial charge on any atom is 0.416 e. The average molecular weight is 482 g/mol. The number of nitrogens with zero attached hydrogens (tertiary/aromatic N) is 2. The van der Waals surface area contributed by atoms with E-state index in [1.54, 1.807) is 0 Å². The standard InChI is InChI=1S/C23H16F6N2O3/c1-34-17-4-5-18(30-11-13-8-15(22(24,25)26)2-6-20(13)32)19(10-17)31-12-14-9-16(23(27,28)29)3-7-21(14)33/h2-12,32-33H,1H3. The Morgan fingerprint density at radius 2 is 1.15 bits per heavy atom. The SMILES string of the molecule is COc1ccc(N=Cc2cc(C(F)(F)F)ccc2O)c(N=Cc2cc(C(F)(F)F)ccc2O)c1. The van der Waals surface area contributed by atoms with Gasteiger partial charge in [0.15, 0.2) is 0 Å². The molecule has 0 aromatic heterocycles. The molecule has 0 fully saturated rings. The first kappa shape index (κ1) is 24.6. The Hall–Kier alpha value is -4.02. The van der Waals surface area contributed by atoms with Crippen LogP contribution in [-0.2, 0) is 12.4 Å². The summed E-state index contributed by atoms with van der Waals surface area (Å²) < 4.78 is 82.9. The first-order valence-corrected chi connectivity index (χ1v) is 9.45. The summed E-state index contributed by atoms with van der Waals surface area (Å²) in [5.74, 6) is -0.566. The molecule has 11 heteroatoms. The van der Waals surface area contributed by atoms with Gasteiger partial charge in [-0.2, -0.15) is 26.3 Å². The number of phenols is 2. The molecule has 0 amide bonds. The highest BCUT2D eigenvalue weighted by Gasteiger charge is 2.31. The first-order chi connectivity index (χ1) is 15.9. The monoisotopic (exact) mass is 482 g/mol. The van der Waals surface area contributed by atoms with E-state index in [0.29, 0.717) is 17.9 Å². The van der Waals surface area contributed by atoms with Crippen LogP contribution in [0.5, 0.6) is 17.2 Å². The molecule has 0 heterocycles. The molecular formula is C23H16F6N2O3. The lowest BCUT2D eigenvalue weighted by molar-refractivity contribution is -0.138. The summed E-state index contributed by atoms with van der Waals surface area (Å²) >= 11 is 0. The molecule has 0 atom stereocenters. The van der Waals surface area contributed by atoms with E-state index < -0.39 is 35.0 Å². The minimum Gasteiger partial charge on any atom is -0.507 e. The van der Waals surface area contributed by atoms with Crippen LogP contribution in [0.2, 0.25) is 0 Å². The Bertz CT molecular complexity index is 1250. The average Bonchev–Trinajstić information content (AvgIpc) is 2.76. The van der Waals surface area contributed by atoms with Crippen molar-refractivity contribution in [2.45, 2.75) is 12.4 Å². The Morgan fingerprint density at radius 3 is 1.59 bits per heavy atom. The molecule has 0 aliphatic carbocycles. The molecule has 2 N–H and O–H groups in total. The summed E-state index contributed by atoms with van der Waals surface area (Å²) in [6.45, 7) is 0. The highest BCUT2D eigenvalue weighted by Crippen LogP contribution is 2.35. The largest absolute Gasteiger partial charge is 0.507 e. The van der Waals surface area contributed by atoms with Crippen LogP contribution in [-0.4, -0.2) is 29.8 Å². The van der Waals surface area contributed by atoms with Crippen molar-refractivity contribution in [1.82, 2.24) is 0 Å². The van der Waals surface area contributed by atoms with E-state index >= 15 is 0 Å². The van der Waals surface area contributed by atoms with Gasteiger partial charge in [0.25, 0.3) is 0 Å². The summed E-state index contributed by atoms with van der Waals surface area (Å²) in [6.07, 6.45) is -7.28. The fraction of sp³-hybridized carbons (Fsp3) is 0.130. The third-order valence-electron chi connectivity index (χ3n) is 4.58. The van der Waals surface area contributed by atoms with E-state index in [-0.39, 0.29) is 22.5 Å². The molecule has 0 saturated heterocycles. The van der Waals surface area contributed by atoms with Gasteiger partial charge in [-0.05, 0) is 48.5 Å². The van der Waals surface area contributed by atoms with Crippen molar-refractivity contribution in [3.05, 3.63) is 76.9 Å². The normalized spacial score (nSPS) is 12.6. The molecule has 5 nitrogen and oxygen atoms in total. The van der Waals surface area contributed by atoms with Crippen molar-refractivity contribution in [2.75, 3.05) is 7.11 Å². The van der Waals surface area contributed by atoms with Gasteiger partial charge in [0.2, 0.25) is 0 Å². The van der Waals surface area contributed by atoms with Crippen molar-refractivity contribution >= 4 is 23.8 Å². The third-order valence-corrected chi connectivity index (χ3v) is 4.58. The van der Waals surface area contributed by atoms with Crippen LogP contribution in [0.3, 0.4) is 0 Å². The Labute approximate surface area is 189 Å². The van der Waals surface area contributed by atoms with Crippen LogP contribution in [0.1, 0.15) is 22.3 Å².